The number of carbonyl (C=O) groups excluding carboxylic acids is 1. The summed E-state index contributed by atoms with van der Waals surface area (Å²) in [6.45, 7) is 2.92. The number of nitrogens with two attached hydrogens (primary N) is 1. The first kappa shape index (κ1) is 19.8. The van der Waals surface area contributed by atoms with Crippen LogP contribution < -0.4 is 5.73 Å². The zero-order valence-corrected chi connectivity index (χ0v) is 16.5. The fourth-order valence-corrected chi connectivity index (χ4v) is 4.39. The van der Waals surface area contributed by atoms with Gasteiger partial charge in [-0.3, -0.25) is 4.79 Å². The number of halogens is 1. The van der Waals surface area contributed by atoms with E-state index in [-0.39, 0.29) is 17.4 Å². The molecule has 0 bridgehead atoms. The zero-order valence-electron chi connectivity index (χ0n) is 15.8. The average Bonchev–Trinajstić information content (AvgIpc) is 2.69. The Morgan fingerprint density at radius 1 is 1.30 bits per heavy atom. The Morgan fingerprint density at radius 3 is 2.67 bits per heavy atom. The van der Waals surface area contributed by atoms with E-state index in [9.17, 15) is 4.79 Å². The summed E-state index contributed by atoms with van der Waals surface area (Å²) in [5.74, 6) is 0.117. The van der Waals surface area contributed by atoms with E-state index in [0.29, 0.717) is 13.1 Å². The van der Waals surface area contributed by atoms with E-state index in [1.54, 1.807) is 13.1 Å². The lowest BCUT2D eigenvalue weighted by molar-refractivity contribution is -0.132. The lowest BCUT2D eigenvalue weighted by Gasteiger charge is -2.43. The van der Waals surface area contributed by atoms with Gasteiger partial charge in [0.2, 0.25) is 5.91 Å². The van der Waals surface area contributed by atoms with E-state index >= 15 is 0 Å². The number of carbonyl (C=O) groups is 1. The molecule has 0 spiro atoms. The van der Waals surface area contributed by atoms with Gasteiger partial charge < -0.3 is 10.6 Å². The second-order valence-electron chi connectivity index (χ2n) is 7.40. The third-order valence-electron chi connectivity index (χ3n) is 5.82. The molecular weight excluding hydrogens is 360 g/mol. The van der Waals surface area contributed by atoms with Crippen molar-refractivity contribution in [1.82, 2.24) is 15.1 Å². The summed E-state index contributed by atoms with van der Waals surface area (Å²) in [5, 5.41) is 8.78. The van der Waals surface area contributed by atoms with Gasteiger partial charge >= 0.3 is 0 Å². The normalized spacial score (nSPS) is 22.4. The Kier molecular flexibility index (Phi) is 6.45. The first-order chi connectivity index (χ1) is 13.0. The second-order valence-corrected chi connectivity index (χ2v) is 7.84. The predicted molar refractivity (Wildman–Crippen MR) is 108 cm³/mol. The minimum Gasteiger partial charge on any atom is -0.340 e. The van der Waals surface area contributed by atoms with Crippen LogP contribution in [0.2, 0.25) is 5.02 Å². The van der Waals surface area contributed by atoms with Crippen molar-refractivity contribution in [3.05, 3.63) is 58.9 Å². The molecule has 6 heteroatoms. The van der Waals surface area contributed by atoms with Crippen LogP contribution in [0, 0.1) is 0 Å². The van der Waals surface area contributed by atoms with Gasteiger partial charge in [0.15, 0.2) is 0 Å². The first-order valence-electron chi connectivity index (χ1n) is 9.54. The van der Waals surface area contributed by atoms with Crippen molar-refractivity contribution in [3.63, 3.8) is 0 Å². The van der Waals surface area contributed by atoms with Gasteiger partial charge in [0.05, 0.1) is 5.69 Å². The highest BCUT2D eigenvalue weighted by Gasteiger charge is 2.38. The smallest absolute Gasteiger partial charge is 0.219 e. The molecule has 1 aliphatic rings. The van der Waals surface area contributed by atoms with Crippen molar-refractivity contribution in [2.24, 2.45) is 5.73 Å². The number of amides is 1. The van der Waals surface area contributed by atoms with Gasteiger partial charge in [-0.05, 0) is 55.5 Å². The molecule has 0 radical (unpaired) electrons. The quantitative estimate of drug-likeness (QED) is 0.826. The van der Waals surface area contributed by atoms with Gasteiger partial charge in [-0.25, -0.2) is 0 Å². The minimum atomic E-state index is -0.0469. The van der Waals surface area contributed by atoms with Gasteiger partial charge in [-0.15, -0.1) is 0 Å². The van der Waals surface area contributed by atoms with E-state index < -0.39 is 0 Å². The molecular formula is C21H27ClN4O. The number of benzene rings is 1. The number of hydrogen-bond donors (Lipinski definition) is 1. The van der Waals surface area contributed by atoms with E-state index in [2.05, 4.69) is 16.3 Å². The SMILES string of the molecule is CC(=O)N(CCc1cccnn1)[C@H]1CC[C@](CN)(c2cccc(Cl)c2)CC1. The van der Waals surface area contributed by atoms with Crippen molar-refractivity contribution in [3.8, 4) is 0 Å². The van der Waals surface area contributed by atoms with Gasteiger partial charge in [-0.1, -0.05) is 23.7 Å². The molecule has 1 saturated carbocycles. The maximum Gasteiger partial charge on any atom is 0.219 e. The Labute approximate surface area is 165 Å². The fraction of sp³-hybridized carbons (Fsp3) is 0.476. The van der Waals surface area contributed by atoms with Crippen LogP contribution in [0.25, 0.3) is 0 Å². The van der Waals surface area contributed by atoms with Gasteiger partial charge in [-0.2, -0.15) is 10.2 Å². The predicted octanol–water partition coefficient (Wildman–Crippen LogP) is 3.36. The van der Waals surface area contributed by atoms with E-state index in [1.165, 1.54) is 5.56 Å². The van der Waals surface area contributed by atoms with Crippen LogP contribution in [0.5, 0.6) is 0 Å². The van der Waals surface area contributed by atoms with Crippen molar-refractivity contribution in [2.75, 3.05) is 13.1 Å². The van der Waals surface area contributed by atoms with Crippen molar-refractivity contribution >= 4 is 17.5 Å². The van der Waals surface area contributed by atoms with Crippen molar-refractivity contribution < 1.29 is 4.79 Å². The highest BCUT2D eigenvalue weighted by Crippen LogP contribution is 2.40. The molecule has 0 saturated heterocycles. The molecule has 2 aromatic rings. The molecule has 0 unspecified atom stereocenters. The topological polar surface area (TPSA) is 72.1 Å². The molecule has 1 heterocycles. The number of nitrogens with zero attached hydrogens (tertiary/aromatic N) is 3. The molecule has 1 aromatic carbocycles. The van der Waals surface area contributed by atoms with E-state index in [0.717, 1.165) is 42.8 Å². The molecule has 3 rings (SSSR count). The van der Waals surface area contributed by atoms with E-state index in [4.69, 9.17) is 17.3 Å². The number of hydrogen-bond acceptors (Lipinski definition) is 4. The molecule has 1 aliphatic carbocycles. The molecule has 1 fully saturated rings. The summed E-state index contributed by atoms with van der Waals surface area (Å²) < 4.78 is 0. The third-order valence-corrected chi connectivity index (χ3v) is 6.06. The van der Waals surface area contributed by atoms with Crippen LogP contribution in [-0.4, -0.2) is 40.1 Å². The second kappa shape index (κ2) is 8.81. The lowest BCUT2D eigenvalue weighted by atomic mass is 9.68. The minimum absolute atomic E-state index is 0.0469. The lowest BCUT2D eigenvalue weighted by Crippen LogP contribution is -2.47. The Morgan fingerprint density at radius 2 is 2.07 bits per heavy atom. The molecule has 2 N–H and O–H groups in total. The molecule has 27 heavy (non-hydrogen) atoms. The first-order valence-corrected chi connectivity index (χ1v) is 9.92. The summed E-state index contributed by atoms with van der Waals surface area (Å²) in [4.78, 5) is 14.3. The molecule has 1 aromatic heterocycles. The standard InChI is InChI=1S/C21H27ClN4O/c1-16(27)26(13-9-19-6-3-12-24-25-19)20-7-10-21(15-23,11-8-20)17-4-2-5-18(22)14-17/h2-6,12,14,20H,7-11,13,15,23H2,1H3/t20-,21-. The number of rotatable bonds is 6. The Balaban J connectivity index is 1.67. The largest absolute Gasteiger partial charge is 0.340 e. The molecule has 144 valence electrons. The molecule has 0 aliphatic heterocycles. The zero-order chi connectivity index (χ0) is 19.3. The molecule has 5 nitrogen and oxygen atoms in total. The van der Waals surface area contributed by atoms with Crippen molar-refractivity contribution in [1.29, 1.82) is 0 Å². The van der Waals surface area contributed by atoms with E-state index in [1.807, 2.05) is 35.2 Å². The monoisotopic (exact) mass is 386 g/mol. The van der Waals surface area contributed by atoms with Crippen LogP contribution in [0.4, 0.5) is 0 Å². The molecule has 0 atom stereocenters. The highest BCUT2D eigenvalue weighted by molar-refractivity contribution is 6.30. The summed E-state index contributed by atoms with van der Waals surface area (Å²) in [7, 11) is 0. The maximum atomic E-state index is 12.3. The van der Waals surface area contributed by atoms with Crippen LogP contribution in [0.15, 0.2) is 42.6 Å². The summed E-state index contributed by atoms with van der Waals surface area (Å²) in [5.41, 5.74) is 8.28. The number of aromatic nitrogens is 2. The van der Waals surface area contributed by atoms with Gasteiger partial charge in [0.1, 0.15) is 0 Å². The summed E-state index contributed by atoms with van der Waals surface area (Å²) >= 11 is 6.20. The third kappa shape index (κ3) is 4.66. The Hall–Kier alpha value is -1.98. The summed E-state index contributed by atoms with van der Waals surface area (Å²) in [6, 6.07) is 12.1. The van der Waals surface area contributed by atoms with Gasteiger partial charge in [0, 0.05) is 49.1 Å². The average molecular weight is 387 g/mol. The highest BCUT2D eigenvalue weighted by atomic mass is 35.5. The van der Waals surface area contributed by atoms with Crippen LogP contribution in [0.3, 0.4) is 0 Å². The van der Waals surface area contributed by atoms with Crippen LogP contribution in [0.1, 0.15) is 43.9 Å². The van der Waals surface area contributed by atoms with Crippen LogP contribution in [-0.2, 0) is 16.6 Å². The van der Waals surface area contributed by atoms with Gasteiger partial charge in [0.25, 0.3) is 0 Å². The summed E-state index contributed by atoms with van der Waals surface area (Å²) in [6.07, 6.45) is 6.20. The molecule has 1 amide bonds. The fourth-order valence-electron chi connectivity index (χ4n) is 4.19. The van der Waals surface area contributed by atoms with Crippen LogP contribution >= 0.6 is 11.6 Å². The Bertz CT molecular complexity index is 760. The maximum absolute atomic E-state index is 12.3. The van der Waals surface area contributed by atoms with Crippen molar-refractivity contribution in [2.45, 2.75) is 50.5 Å².